The molecule has 1 N–H and O–H groups in total. The lowest BCUT2D eigenvalue weighted by molar-refractivity contribution is 0.356. The lowest BCUT2D eigenvalue weighted by atomic mass is 9.90. The van der Waals surface area contributed by atoms with Crippen molar-refractivity contribution in [1.29, 1.82) is 0 Å². The highest BCUT2D eigenvalue weighted by molar-refractivity contribution is 5.56. The second kappa shape index (κ2) is 6.21. The largest absolute Gasteiger partial charge is 0.334 e. The van der Waals surface area contributed by atoms with E-state index in [-0.39, 0.29) is 0 Å². The Morgan fingerprint density at radius 3 is 2.77 bits per heavy atom. The maximum absolute atomic E-state index is 5.51. The van der Waals surface area contributed by atoms with Gasteiger partial charge in [-0.15, -0.1) is 0 Å². The summed E-state index contributed by atoms with van der Waals surface area (Å²) in [5.41, 5.74) is 4.02. The van der Waals surface area contributed by atoms with Crippen LogP contribution in [0.25, 0.3) is 11.5 Å². The Hall–Kier alpha value is -1.68. The first-order chi connectivity index (χ1) is 10.9. The summed E-state index contributed by atoms with van der Waals surface area (Å²) >= 11 is 0. The number of benzene rings is 1. The highest BCUT2D eigenvalue weighted by Gasteiger charge is 2.18. The number of rotatable bonds is 3. The molecule has 2 heterocycles. The Morgan fingerprint density at radius 1 is 1.09 bits per heavy atom. The molecule has 1 aromatic carbocycles. The molecule has 2 aliphatic rings. The van der Waals surface area contributed by atoms with Crippen molar-refractivity contribution in [2.24, 2.45) is 5.92 Å². The predicted molar refractivity (Wildman–Crippen MR) is 85.7 cm³/mol. The lowest BCUT2D eigenvalue weighted by Gasteiger charge is -2.20. The Balaban J connectivity index is 1.51. The molecule has 1 aliphatic carbocycles. The molecule has 1 aliphatic heterocycles. The van der Waals surface area contributed by atoms with Gasteiger partial charge in [0.05, 0.1) is 0 Å². The summed E-state index contributed by atoms with van der Waals surface area (Å²) in [5.74, 6) is 2.23. The molecule has 4 heteroatoms. The van der Waals surface area contributed by atoms with E-state index in [0.717, 1.165) is 30.9 Å². The van der Waals surface area contributed by atoms with Crippen LogP contribution in [-0.2, 0) is 19.3 Å². The van der Waals surface area contributed by atoms with Gasteiger partial charge in [0, 0.05) is 12.0 Å². The zero-order valence-corrected chi connectivity index (χ0v) is 13.0. The second-order valence-corrected chi connectivity index (χ2v) is 6.60. The molecule has 1 saturated heterocycles. The normalized spacial score (nSPS) is 19.1. The fraction of sp³-hybridized carbons (Fsp3) is 0.556. The van der Waals surface area contributed by atoms with Crippen molar-refractivity contribution >= 4 is 0 Å². The lowest BCUT2D eigenvalue weighted by Crippen LogP contribution is -2.28. The van der Waals surface area contributed by atoms with Crippen LogP contribution in [0.2, 0.25) is 0 Å². The van der Waals surface area contributed by atoms with E-state index in [2.05, 4.69) is 33.7 Å². The quantitative estimate of drug-likeness (QED) is 0.945. The molecule has 0 amide bonds. The summed E-state index contributed by atoms with van der Waals surface area (Å²) in [5, 5.41) is 7.59. The Bertz CT molecular complexity index is 644. The highest BCUT2D eigenvalue weighted by Crippen LogP contribution is 2.27. The molecule has 0 spiro atoms. The fourth-order valence-corrected chi connectivity index (χ4v) is 3.66. The van der Waals surface area contributed by atoms with E-state index in [4.69, 9.17) is 4.52 Å². The second-order valence-electron chi connectivity index (χ2n) is 6.60. The maximum Gasteiger partial charge on any atom is 0.257 e. The first-order valence-corrected chi connectivity index (χ1v) is 8.54. The van der Waals surface area contributed by atoms with Gasteiger partial charge in [-0.25, -0.2) is 0 Å². The van der Waals surface area contributed by atoms with Crippen LogP contribution in [0.4, 0.5) is 0 Å². The third kappa shape index (κ3) is 2.93. The van der Waals surface area contributed by atoms with Gasteiger partial charge >= 0.3 is 0 Å². The average molecular weight is 297 g/mol. The number of fused-ring (bicyclic) bond motifs is 1. The van der Waals surface area contributed by atoms with E-state index in [1.54, 1.807) is 0 Å². The minimum absolute atomic E-state index is 0.678. The van der Waals surface area contributed by atoms with Gasteiger partial charge in [0.15, 0.2) is 5.82 Å². The molecular formula is C18H23N3O. The summed E-state index contributed by atoms with van der Waals surface area (Å²) < 4.78 is 5.51. The summed E-state index contributed by atoms with van der Waals surface area (Å²) in [4.78, 5) is 4.63. The van der Waals surface area contributed by atoms with Gasteiger partial charge in [-0.1, -0.05) is 11.2 Å². The smallest absolute Gasteiger partial charge is 0.257 e. The third-order valence-corrected chi connectivity index (χ3v) is 4.99. The number of hydrogen-bond acceptors (Lipinski definition) is 4. The zero-order chi connectivity index (χ0) is 14.8. The predicted octanol–water partition coefficient (Wildman–Crippen LogP) is 3.16. The van der Waals surface area contributed by atoms with Gasteiger partial charge in [-0.3, -0.25) is 0 Å². The number of nitrogens with one attached hydrogen (secondary N) is 1. The first-order valence-electron chi connectivity index (χ1n) is 8.54. The van der Waals surface area contributed by atoms with Crippen molar-refractivity contribution < 1.29 is 4.52 Å². The standard InChI is InChI=1S/C18H23N3O/c1-2-4-15-12-16(6-5-14(15)3-1)18-20-17(21-22-18)11-13-7-9-19-10-8-13/h5-6,12-13,19H,1-4,7-11H2. The van der Waals surface area contributed by atoms with Crippen LogP contribution in [0.3, 0.4) is 0 Å². The van der Waals surface area contributed by atoms with Crippen LogP contribution >= 0.6 is 0 Å². The molecule has 116 valence electrons. The molecular weight excluding hydrogens is 274 g/mol. The number of nitrogens with zero attached hydrogens (tertiary/aromatic N) is 2. The van der Waals surface area contributed by atoms with Gasteiger partial charge in [-0.05, 0) is 80.8 Å². The van der Waals surface area contributed by atoms with Crippen LogP contribution in [-0.4, -0.2) is 23.2 Å². The van der Waals surface area contributed by atoms with E-state index in [1.165, 1.54) is 49.7 Å². The van der Waals surface area contributed by atoms with E-state index < -0.39 is 0 Å². The first kappa shape index (κ1) is 13.9. The van der Waals surface area contributed by atoms with Crippen molar-refractivity contribution in [3.63, 3.8) is 0 Å². The molecule has 0 bridgehead atoms. The van der Waals surface area contributed by atoms with Crippen molar-refractivity contribution in [1.82, 2.24) is 15.5 Å². The van der Waals surface area contributed by atoms with Gasteiger partial charge in [0.1, 0.15) is 0 Å². The number of piperidine rings is 1. The average Bonchev–Trinajstić information content (AvgIpc) is 3.04. The van der Waals surface area contributed by atoms with Gasteiger partial charge < -0.3 is 9.84 Å². The van der Waals surface area contributed by atoms with Crippen LogP contribution in [0.5, 0.6) is 0 Å². The van der Waals surface area contributed by atoms with Crippen molar-refractivity contribution in [2.45, 2.75) is 44.9 Å². The van der Waals surface area contributed by atoms with Crippen LogP contribution in [0.1, 0.15) is 42.6 Å². The molecule has 1 fully saturated rings. The summed E-state index contributed by atoms with van der Waals surface area (Å²) in [6.45, 7) is 2.22. The van der Waals surface area contributed by atoms with Crippen molar-refractivity contribution in [2.75, 3.05) is 13.1 Å². The van der Waals surface area contributed by atoms with E-state index >= 15 is 0 Å². The molecule has 0 atom stereocenters. The van der Waals surface area contributed by atoms with E-state index in [9.17, 15) is 0 Å². The zero-order valence-electron chi connectivity index (χ0n) is 13.0. The van der Waals surface area contributed by atoms with Crippen LogP contribution in [0.15, 0.2) is 22.7 Å². The number of aromatic nitrogens is 2. The molecule has 22 heavy (non-hydrogen) atoms. The van der Waals surface area contributed by atoms with Crippen LogP contribution in [0, 0.1) is 5.92 Å². The van der Waals surface area contributed by atoms with Crippen molar-refractivity contribution in [3.8, 4) is 11.5 Å². The van der Waals surface area contributed by atoms with Gasteiger partial charge in [-0.2, -0.15) is 4.98 Å². The van der Waals surface area contributed by atoms with Gasteiger partial charge in [0.2, 0.25) is 0 Å². The van der Waals surface area contributed by atoms with E-state index in [1.807, 2.05) is 0 Å². The minimum atomic E-state index is 0.678. The molecule has 0 radical (unpaired) electrons. The maximum atomic E-state index is 5.51. The van der Waals surface area contributed by atoms with Crippen molar-refractivity contribution in [3.05, 3.63) is 35.2 Å². The fourth-order valence-electron chi connectivity index (χ4n) is 3.66. The molecule has 4 nitrogen and oxygen atoms in total. The molecule has 0 saturated carbocycles. The monoisotopic (exact) mass is 297 g/mol. The minimum Gasteiger partial charge on any atom is -0.334 e. The van der Waals surface area contributed by atoms with Crippen LogP contribution < -0.4 is 5.32 Å². The summed E-state index contributed by atoms with van der Waals surface area (Å²) in [7, 11) is 0. The summed E-state index contributed by atoms with van der Waals surface area (Å²) in [6, 6.07) is 6.61. The molecule has 4 rings (SSSR count). The highest BCUT2D eigenvalue weighted by atomic mass is 16.5. The molecule has 2 aromatic rings. The Morgan fingerprint density at radius 2 is 1.91 bits per heavy atom. The SMILES string of the molecule is c1cc2c(cc1-c1nc(CC3CCNCC3)no1)CCCC2. The van der Waals surface area contributed by atoms with E-state index in [0.29, 0.717) is 11.8 Å². The summed E-state index contributed by atoms with van der Waals surface area (Å²) in [6.07, 6.45) is 8.36. The number of hydrogen-bond donors (Lipinski definition) is 1. The Kier molecular flexibility index (Phi) is 3.94. The Labute approximate surface area is 131 Å². The van der Waals surface area contributed by atoms with Gasteiger partial charge in [0.25, 0.3) is 5.89 Å². The molecule has 0 unspecified atom stereocenters. The third-order valence-electron chi connectivity index (χ3n) is 4.99. The topological polar surface area (TPSA) is 51.0 Å². The molecule has 1 aromatic heterocycles. The number of aryl methyl sites for hydroxylation is 2.